The summed E-state index contributed by atoms with van der Waals surface area (Å²) in [5, 5.41) is 0. The van der Waals surface area contributed by atoms with Gasteiger partial charge in [-0.25, -0.2) is 4.79 Å². The van der Waals surface area contributed by atoms with E-state index in [1.165, 1.54) is 121 Å². The van der Waals surface area contributed by atoms with Crippen LogP contribution in [0.5, 0.6) is 11.5 Å². The Hall–Kier alpha value is -5.74. The van der Waals surface area contributed by atoms with Gasteiger partial charge in [-0.2, -0.15) is 0 Å². The van der Waals surface area contributed by atoms with Crippen molar-refractivity contribution in [2.75, 3.05) is 7.11 Å². The van der Waals surface area contributed by atoms with E-state index in [2.05, 4.69) is 80.6 Å². The summed E-state index contributed by atoms with van der Waals surface area (Å²) in [5.41, 5.74) is 16.6. The molecular weight excluding hydrogens is 797 g/mol. The van der Waals surface area contributed by atoms with Crippen molar-refractivity contribution in [3.05, 3.63) is 166 Å². The molecule has 0 spiro atoms. The first kappa shape index (κ1) is 44.5. The first-order valence-corrected chi connectivity index (χ1v) is 24.8. The van der Waals surface area contributed by atoms with Gasteiger partial charge in [-0.1, -0.05) is 137 Å². The maximum absolute atomic E-state index is 13.6. The van der Waals surface area contributed by atoms with Gasteiger partial charge >= 0.3 is 5.97 Å². The molecule has 0 amide bonds. The molecule has 0 saturated heterocycles. The smallest absolute Gasteiger partial charge is 0.343 e. The molecule has 0 heterocycles. The lowest BCUT2D eigenvalue weighted by Gasteiger charge is -2.27. The first-order valence-electron chi connectivity index (χ1n) is 24.8. The minimum atomic E-state index is -0.320. The number of methoxy groups -OCH3 is 1. The Kier molecular flexibility index (Phi) is 14.1. The van der Waals surface area contributed by atoms with Crippen LogP contribution in [0, 0.1) is 11.8 Å². The van der Waals surface area contributed by atoms with Gasteiger partial charge in [0.1, 0.15) is 17.8 Å². The summed E-state index contributed by atoms with van der Waals surface area (Å²) in [6, 6.07) is 42.2. The van der Waals surface area contributed by atoms with Gasteiger partial charge in [0.2, 0.25) is 0 Å². The Morgan fingerprint density at radius 1 is 0.477 bits per heavy atom. The number of carbonyl (C=O) groups is 2. The molecule has 0 atom stereocenters. The molecule has 4 nitrogen and oxygen atoms in total. The maximum Gasteiger partial charge on any atom is 0.343 e. The topological polar surface area (TPSA) is 52.6 Å². The first-order chi connectivity index (χ1) is 31.8. The van der Waals surface area contributed by atoms with E-state index in [9.17, 15) is 9.59 Å². The summed E-state index contributed by atoms with van der Waals surface area (Å²) in [6.45, 7) is 4.74. The summed E-state index contributed by atoms with van der Waals surface area (Å²) in [4.78, 5) is 24.3. The Bertz CT molecular complexity index is 2550. The van der Waals surface area contributed by atoms with E-state index in [1.54, 1.807) is 7.11 Å². The predicted octanol–water partition coefficient (Wildman–Crippen LogP) is 15.8. The van der Waals surface area contributed by atoms with Crippen LogP contribution in [-0.4, -0.2) is 19.4 Å². The van der Waals surface area contributed by atoms with Gasteiger partial charge in [0.25, 0.3) is 0 Å². The zero-order valence-corrected chi connectivity index (χ0v) is 38.9. The fourth-order valence-electron chi connectivity index (χ4n) is 11.2. The summed E-state index contributed by atoms with van der Waals surface area (Å²) < 4.78 is 12.2. The van der Waals surface area contributed by atoms with Gasteiger partial charge in [0.05, 0.1) is 12.7 Å². The van der Waals surface area contributed by atoms with Gasteiger partial charge in [0, 0.05) is 16.7 Å². The lowest BCUT2D eigenvalue weighted by atomic mass is 9.79. The van der Waals surface area contributed by atoms with Crippen LogP contribution in [0.1, 0.15) is 157 Å². The van der Waals surface area contributed by atoms with E-state index in [1.807, 2.05) is 54.6 Å². The Balaban J connectivity index is 0.000000212. The molecule has 10 rings (SSSR count). The SMILES string of the molecule is CC1CCC(c2ccc(-c3ccc(C=O)cc3)cc2)CC1.COc1ccc2c(c1-c1c(OC(=O)c3ccc(-c4ccc(C5CCC(C)CC5)cc4)cc3)ccc3c1CCCC3)CCCC2. The molecule has 4 heteroatoms. The van der Waals surface area contributed by atoms with Crippen LogP contribution < -0.4 is 9.47 Å². The third-order valence-electron chi connectivity index (χ3n) is 15.3. The van der Waals surface area contributed by atoms with Crippen LogP contribution in [0.3, 0.4) is 0 Å². The normalized spacial score (nSPS) is 20.3. The van der Waals surface area contributed by atoms with E-state index >= 15 is 0 Å². The Morgan fingerprint density at radius 3 is 1.32 bits per heavy atom. The molecule has 0 radical (unpaired) electrons. The number of aryl methyl sites for hydroxylation is 2. The molecule has 0 aromatic heterocycles. The van der Waals surface area contributed by atoms with Crippen molar-refractivity contribution in [2.45, 2.75) is 128 Å². The lowest BCUT2D eigenvalue weighted by Crippen LogP contribution is -2.14. The predicted molar refractivity (Wildman–Crippen MR) is 267 cm³/mol. The summed E-state index contributed by atoms with van der Waals surface area (Å²) in [5.74, 6) is 4.39. The van der Waals surface area contributed by atoms with Crippen molar-refractivity contribution in [3.8, 4) is 44.9 Å². The molecule has 334 valence electrons. The van der Waals surface area contributed by atoms with Crippen molar-refractivity contribution in [2.24, 2.45) is 11.8 Å². The van der Waals surface area contributed by atoms with Crippen molar-refractivity contribution in [1.29, 1.82) is 0 Å². The number of hydrogen-bond acceptors (Lipinski definition) is 4. The third kappa shape index (κ3) is 10.2. The van der Waals surface area contributed by atoms with E-state index < -0.39 is 0 Å². The number of aldehydes is 1. The zero-order chi connectivity index (χ0) is 44.7. The van der Waals surface area contributed by atoms with Gasteiger partial charge in [-0.15, -0.1) is 0 Å². The molecule has 2 saturated carbocycles. The van der Waals surface area contributed by atoms with E-state index in [4.69, 9.17) is 9.47 Å². The number of ether oxygens (including phenoxy) is 2. The van der Waals surface area contributed by atoms with Gasteiger partial charge in [-0.05, 0) is 181 Å². The second kappa shape index (κ2) is 20.6. The highest BCUT2D eigenvalue weighted by atomic mass is 16.5. The average molecular weight is 863 g/mol. The van der Waals surface area contributed by atoms with Gasteiger partial charge in [0.15, 0.2) is 0 Å². The quantitative estimate of drug-likeness (QED) is 0.0825. The second-order valence-corrected chi connectivity index (χ2v) is 19.6. The number of fused-ring (bicyclic) bond motifs is 2. The second-order valence-electron chi connectivity index (χ2n) is 19.6. The number of hydrogen-bond donors (Lipinski definition) is 0. The molecule has 4 aliphatic carbocycles. The van der Waals surface area contributed by atoms with Crippen molar-refractivity contribution in [3.63, 3.8) is 0 Å². The minimum Gasteiger partial charge on any atom is -0.496 e. The summed E-state index contributed by atoms with van der Waals surface area (Å²) in [7, 11) is 1.75. The highest BCUT2D eigenvalue weighted by Gasteiger charge is 2.28. The lowest BCUT2D eigenvalue weighted by molar-refractivity contribution is 0.0735. The molecule has 0 N–H and O–H groups in total. The number of benzene rings is 6. The summed E-state index contributed by atoms with van der Waals surface area (Å²) >= 11 is 0. The van der Waals surface area contributed by atoms with Crippen LogP contribution in [-0.2, 0) is 25.7 Å². The molecular formula is C61H66O4. The van der Waals surface area contributed by atoms with Gasteiger partial charge in [-0.3, -0.25) is 4.79 Å². The van der Waals surface area contributed by atoms with Crippen molar-refractivity contribution >= 4 is 12.3 Å². The van der Waals surface area contributed by atoms with Crippen molar-refractivity contribution < 1.29 is 19.1 Å². The fraction of sp³-hybridized carbons (Fsp3) is 0.377. The number of rotatable bonds is 9. The Morgan fingerprint density at radius 2 is 0.877 bits per heavy atom. The molecule has 6 aromatic carbocycles. The molecule has 0 bridgehead atoms. The molecule has 6 aromatic rings. The van der Waals surface area contributed by atoms with Crippen LogP contribution in [0.4, 0.5) is 0 Å². The van der Waals surface area contributed by atoms with E-state index in [-0.39, 0.29) is 5.97 Å². The average Bonchev–Trinajstić information content (AvgIpc) is 3.37. The van der Waals surface area contributed by atoms with Crippen molar-refractivity contribution in [1.82, 2.24) is 0 Å². The van der Waals surface area contributed by atoms with Crippen LogP contribution in [0.15, 0.2) is 121 Å². The monoisotopic (exact) mass is 862 g/mol. The number of esters is 1. The molecule has 65 heavy (non-hydrogen) atoms. The van der Waals surface area contributed by atoms with Crippen LogP contribution >= 0.6 is 0 Å². The standard InChI is InChI=1S/C41H44O3.C20H22O/c1-27-11-13-28(14-12-27)29-15-17-30(18-16-29)31-19-21-34(22-20-31)41(42)44-38-26-24-33-8-4-6-10-36(33)40(38)39-35-9-5-3-7-32(35)23-25-37(39)43-2;1-15-2-6-17(7-3-15)19-10-12-20(13-11-19)18-8-4-16(14-21)5-9-18/h15-28H,3-14H2,1-2H3;4-5,8-15,17H,2-3,6-7H2,1H3. The van der Waals surface area contributed by atoms with Gasteiger partial charge < -0.3 is 9.47 Å². The minimum absolute atomic E-state index is 0.320. The van der Waals surface area contributed by atoms with Crippen LogP contribution in [0.2, 0.25) is 0 Å². The number of carbonyl (C=O) groups excluding carboxylic acids is 2. The molecule has 0 aliphatic heterocycles. The molecule has 0 unspecified atom stereocenters. The van der Waals surface area contributed by atoms with E-state index in [0.29, 0.717) is 17.2 Å². The molecule has 4 aliphatic rings. The Labute approximate surface area is 387 Å². The zero-order valence-electron chi connectivity index (χ0n) is 38.9. The van der Waals surface area contributed by atoms with E-state index in [0.717, 1.165) is 84.1 Å². The fourth-order valence-corrected chi connectivity index (χ4v) is 11.2. The summed E-state index contributed by atoms with van der Waals surface area (Å²) in [6.07, 6.45) is 20.4. The molecule has 2 fully saturated rings. The third-order valence-corrected chi connectivity index (χ3v) is 15.3. The largest absolute Gasteiger partial charge is 0.496 e. The maximum atomic E-state index is 13.6. The highest BCUT2D eigenvalue weighted by molar-refractivity contribution is 5.94. The highest BCUT2D eigenvalue weighted by Crippen LogP contribution is 2.47. The van der Waals surface area contributed by atoms with Crippen LogP contribution in [0.25, 0.3) is 33.4 Å².